The van der Waals surface area contributed by atoms with Gasteiger partial charge in [-0.15, -0.1) is 0 Å². The van der Waals surface area contributed by atoms with Gasteiger partial charge in [0.05, 0.1) is 0 Å². The molecule has 0 saturated carbocycles. The molecule has 122 valence electrons. The molecule has 1 amide bonds. The van der Waals surface area contributed by atoms with Crippen molar-refractivity contribution in [1.29, 1.82) is 0 Å². The molecular formula is C18H28N2O2. The molecule has 1 N–H and O–H groups in total. The molecule has 1 unspecified atom stereocenters. The molecule has 1 saturated heterocycles. The summed E-state index contributed by atoms with van der Waals surface area (Å²) in [6.07, 6.45) is 2.11. The summed E-state index contributed by atoms with van der Waals surface area (Å²) in [4.78, 5) is 14.8. The van der Waals surface area contributed by atoms with E-state index < -0.39 is 0 Å². The molecule has 1 aliphatic heterocycles. The van der Waals surface area contributed by atoms with Crippen LogP contribution in [0.5, 0.6) is 0 Å². The van der Waals surface area contributed by atoms with Gasteiger partial charge >= 0.3 is 0 Å². The number of hydrogen-bond donors (Lipinski definition) is 1. The van der Waals surface area contributed by atoms with Crippen LogP contribution in [-0.2, 0) is 16.1 Å². The zero-order valence-corrected chi connectivity index (χ0v) is 13.8. The van der Waals surface area contributed by atoms with Gasteiger partial charge in [-0.05, 0) is 31.4 Å². The number of hydrogen-bond acceptors (Lipinski definition) is 3. The van der Waals surface area contributed by atoms with E-state index in [0.29, 0.717) is 12.5 Å². The van der Waals surface area contributed by atoms with E-state index in [1.807, 2.05) is 37.1 Å². The van der Waals surface area contributed by atoms with Crippen LogP contribution in [0.4, 0.5) is 0 Å². The zero-order valence-electron chi connectivity index (χ0n) is 13.8. The number of rotatable bonds is 7. The molecule has 0 radical (unpaired) electrons. The first-order valence-electron chi connectivity index (χ1n) is 8.25. The van der Waals surface area contributed by atoms with E-state index in [-0.39, 0.29) is 11.8 Å². The van der Waals surface area contributed by atoms with Crippen molar-refractivity contribution in [2.24, 2.45) is 11.8 Å². The normalized spacial score (nSPS) is 17.2. The molecule has 1 fully saturated rings. The second kappa shape index (κ2) is 8.91. The number of carbonyl (C=O) groups is 1. The molecule has 4 heteroatoms. The van der Waals surface area contributed by atoms with E-state index in [9.17, 15) is 4.79 Å². The summed E-state index contributed by atoms with van der Waals surface area (Å²) in [5.74, 6) is 0.807. The fourth-order valence-electron chi connectivity index (χ4n) is 2.98. The summed E-state index contributed by atoms with van der Waals surface area (Å²) >= 11 is 0. The first-order chi connectivity index (χ1) is 10.7. The second-order valence-electron chi connectivity index (χ2n) is 6.22. The number of benzene rings is 1. The lowest BCUT2D eigenvalue weighted by Crippen LogP contribution is -2.41. The van der Waals surface area contributed by atoms with Crippen LogP contribution in [0.25, 0.3) is 0 Å². The standard InChI is InChI=1S/C18H28N2O2/c1-15(12-19-2)18(21)20(13-16-6-4-3-5-7-16)14-17-8-10-22-11-9-17/h3-7,15,17,19H,8-14H2,1-2H3. The van der Waals surface area contributed by atoms with Crippen LogP contribution < -0.4 is 5.32 Å². The van der Waals surface area contributed by atoms with Gasteiger partial charge in [-0.25, -0.2) is 0 Å². The van der Waals surface area contributed by atoms with Gasteiger partial charge in [-0.1, -0.05) is 37.3 Å². The van der Waals surface area contributed by atoms with Crippen molar-refractivity contribution in [3.05, 3.63) is 35.9 Å². The Morgan fingerprint density at radius 1 is 1.32 bits per heavy atom. The van der Waals surface area contributed by atoms with Gasteiger partial charge in [0.2, 0.25) is 5.91 Å². The molecule has 0 aromatic heterocycles. The lowest BCUT2D eigenvalue weighted by atomic mass is 9.98. The highest BCUT2D eigenvalue weighted by atomic mass is 16.5. The minimum atomic E-state index is 0.00792. The third kappa shape index (κ3) is 5.11. The summed E-state index contributed by atoms with van der Waals surface area (Å²) in [6.45, 7) is 5.91. The highest BCUT2D eigenvalue weighted by molar-refractivity contribution is 5.78. The molecule has 0 bridgehead atoms. The van der Waals surface area contributed by atoms with Crippen molar-refractivity contribution in [3.63, 3.8) is 0 Å². The van der Waals surface area contributed by atoms with E-state index in [0.717, 1.165) is 39.1 Å². The number of nitrogens with one attached hydrogen (secondary N) is 1. The summed E-state index contributed by atoms with van der Waals surface area (Å²) in [7, 11) is 1.89. The lowest BCUT2D eigenvalue weighted by Gasteiger charge is -2.31. The minimum absolute atomic E-state index is 0.00792. The lowest BCUT2D eigenvalue weighted by molar-refractivity contribution is -0.136. The van der Waals surface area contributed by atoms with Gasteiger partial charge in [0.15, 0.2) is 0 Å². The van der Waals surface area contributed by atoms with Gasteiger partial charge in [0, 0.05) is 38.8 Å². The Bertz CT molecular complexity index is 444. The maximum Gasteiger partial charge on any atom is 0.226 e. The number of ether oxygens (including phenoxy) is 1. The Balaban J connectivity index is 2.03. The quantitative estimate of drug-likeness (QED) is 0.840. The maximum atomic E-state index is 12.8. The fourth-order valence-corrected chi connectivity index (χ4v) is 2.98. The number of carbonyl (C=O) groups excluding carboxylic acids is 1. The van der Waals surface area contributed by atoms with E-state index in [2.05, 4.69) is 17.4 Å². The van der Waals surface area contributed by atoms with E-state index in [4.69, 9.17) is 4.74 Å². The molecule has 1 atom stereocenters. The summed E-state index contributed by atoms with van der Waals surface area (Å²) in [5, 5.41) is 3.10. The van der Waals surface area contributed by atoms with E-state index in [1.165, 1.54) is 5.56 Å². The van der Waals surface area contributed by atoms with Crippen molar-refractivity contribution in [3.8, 4) is 0 Å². The van der Waals surface area contributed by atoms with Crippen LogP contribution in [-0.4, -0.2) is 44.2 Å². The average molecular weight is 304 g/mol. The van der Waals surface area contributed by atoms with Crippen LogP contribution in [0.1, 0.15) is 25.3 Å². The molecule has 4 nitrogen and oxygen atoms in total. The smallest absolute Gasteiger partial charge is 0.226 e. The number of amides is 1. The number of nitrogens with zero attached hydrogens (tertiary/aromatic N) is 1. The van der Waals surface area contributed by atoms with Gasteiger partial charge in [-0.2, -0.15) is 0 Å². The molecule has 1 aliphatic rings. The van der Waals surface area contributed by atoms with Crippen molar-refractivity contribution < 1.29 is 9.53 Å². The van der Waals surface area contributed by atoms with Crippen molar-refractivity contribution >= 4 is 5.91 Å². The summed E-state index contributed by atoms with van der Waals surface area (Å²) < 4.78 is 5.43. The highest BCUT2D eigenvalue weighted by Crippen LogP contribution is 2.19. The average Bonchev–Trinajstić information content (AvgIpc) is 2.56. The molecule has 1 aromatic rings. The van der Waals surface area contributed by atoms with Gasteiger partial charge in [-0.3, -0.25) is 4.79 Å². The largest absolute Gasteiger partial charge is 0.381 e. The van der Waals surface area contributed by atoms with Crippen LogP contribution in [0, 0.1) is 11.8 Å². The topological polar surface area (TPSA) is 41.6 Å². The minimum Gasteiger partial charge on any atom is -0.381 e. The van der Waals surface area contributed by atoms with Gasteiger partial charge < -0.3 is 15.0 Å². The predicted molar refractivity (Wildman–Crippen MR) is 88.5 cm³/mol. The molecule has 1 aromatic carbocycles. The van der Waals surface area contributed by atoms with Crippen LogP contribution in [0.15, 0.2) is 30.3 Å². The predicted octanol–water partition coefficient (Wildman–Crippen LogP) is 2.30. The Morgan fingerprint density at radius 3 is 2.64 bits per heavy atom. The Kier molecular flexibility index (Phi) is 6.87. The molecule has 2 rings (SSSR count). The second-order valence-corrected chi connectivity index (χ2v) is 6.22. The Labute approximate surface area is 133 Å². The van der Waals surface area contributed by atoms with Gasteiger partial charge in [0.25, 0.3) is 0 Å². The summed E-state index contributed by atoms with van der Waals surface area (Å²) in [5.41, 5.74) is 1.19. The Morgan fingerprint density at radius 2 is 2.00 bits per heavy atom. The Hall–Kier alpha value is -1.39. The van der Waals surface area contributed by atoms with Crippen LogP contribution >= 0.6 is 0 Å². The third-order valence-electron chi connectivity index (χ3n) is 4.28. The maximum absolute atomic E-state index is 12.8. The van der Waals surface area contributed by atoms with Crippen LogP contribution in [0.2, 0.25) is 0 Å². The monoisotopic (exact) mass is 304 g/mol. The third-order valence-corrected chi connectivity index (χ3v) is 4.28. The molecule has 1 heterocycles. The fraction of sp³-hybridized carbons (Fsp3) is 0.611. The van der Waals surface area contributed by atoms with Crippen molar-refractivity contribution in [2.45, 2.75) is 26.3 Å². The SMILES string of the molecule is CNCC(C)C(=O)N(Cc1ccccc1)CC1CCOCC1. The first kappa shape index (κ1) is 17.0. The first-order valence-corrected chi connectivity index (χ1v) is 8.25. The zero-order chi connectivity index (χ0) is 15.8. The van der Waals surface area contributed by atoms with Crippen molar-refractivity contribution in [1.82, 2.24) is 10.2 Å². The van der Waals surface area contributed by atoms with E-state index >= 15 is 0 Å². The molecule has 0 spiro atoms. The molecule has 22 heavy (non-hydrogen) atoms. The van der Waals surface area contributed by atoms with Gasteiger partial charge in [0.1, 0.15) is 0 Å². The van der Waals surface area contributed by atoms with E-state index in [1.54, 1.807) is 0 Å². The van der Waals surface area contributed by atoms with Crippen molar-refractivity contribution in [2.75, 3.05) is 33.4 Å². The summed E-state index contributed by atoms with van der Waals surface area (Å²) in [6, 6.07) is 10.3. The molecular weight excluding hydrogens is 276 g/mol. The molecule has 0 aliphatic carbocycles. The highest BCUT2D eigenvalue weighted by Gasteiger charge is 2.24. The van der Waals surface area contributed by atoms with Crippen LogP contribution in [0.3, 0.4) is 0 Å².